The zero-order chi connectivity index (χ0) is 20.1. The Labute approximate surface area is 153 Å². The number of sulfone groups is 1. The van der Waals surface area contributed by atoms with E-state index in [0.717, 1.165) is 11.3 Å². The van der Waals surface area contributed by atoms with Gasteiger partial charge in [0.25, 0.3) is 0 Å². The van der Waals surface area contributed by atoms with Crippen molar-refractivity contribution in [3.63, 3.8) is 0 Å². The molecule has 0 bridgehead atoms. The van der Waals surface area contributed by atoms with Crippen molar-refractivity contribution in [2.45, 2.75) is 18.0 Å². The molecule has 5 nitrogen and oxygen atoms in total. The van der Waals surface area contributed by atoms with Gasteiger partial charge in [-0.05, 0) is 19.1 Å². The van der Waals surface area contributed by atoms with E-state index in [0.29, 0.717) is 23.4 Å². The first-order chi connectivity index (χ1) is 12.4. The highest BCUT2D eigenvalue weighted by Crippen LogP contribution is 2.37. The predicted octanol–water partition coefficient (Wildman–Crippen LogP) is 4.21. The van der Waals surface area contributed by atoms with Crippen molar-refractivity contribution < 1.29 is 30.4 Å². The Morgan fingerprint density at radius 2 is 1.70 bits per heavy atom. The summed E-state index contributed by atoms with van der Waals surface area (Å²) in [5.41, 5.74) is -0.823. The van der Waals surface area contributed by atoms with Gasteiger partial charge in [-0.15, -0.1) is 11.3 Å². The van der Waals surface area contributed by atoms with Crippen molar-refractivity contribution in [3.8, 4) is 22.6 Å². The highest BCUT2D eigenvalue weighted by molar-refractivity contribution is 7.90. The SMILES string of the molecule is Cc1nc(-c2[nH]c(C(F)(F)F)nc2-c2cc(F)c(S(C)(=O)=O)c(F)c2)cs1. The van der Waals surface area contributed by atoms with Gasteiger partial charge in [0, 0.05) is 17.2 Å². The van der Waals surface area contributed by atoms with E-state index < -0.39 is 44.1 Å². The van der Waals surface area contributed by atoms with E-state index in [-0.39, 0.29) is 17.0 Å². The second-order valence-corrected chi connectivity index (χ2v) is 8.61. The van der Waals surface area contributed by atoms with Crippen molar-refractivity contribution in [3.05, 3.63) is 40.0 Å². The van der Waals surface area contributed by atoms with Crippen molar-refractivity contribution in [1.29, 1.82) is 0 Å². The van der Waals surface area contributed by atoms with Crippen molar-refractivity contribution >= 4 is 21.2 Å². The molecule has 1 aromatic carbocycles. The normalized spacial score (nSPS) is 12.6. The molecule has 0 amide bonds. The lowest BCUT2D eigenvalue weighted by atomic mass is 10.1. The van der Waals surface area contributed by atoms with E-state index >= 15 is 0 Å². The van der Waals surface area contributed by atoms with Gasteiger partial charge in [0.2, 0.25) is 5.82 Å². The fourth-order valence-electron chi connectivity index (χ4n) is 2.43. The molecular formula is C15H10F5N3O2S2. The molecule has 27 heavy (non-hydrogen) atoms. The molecule has 12 heteroatoms. The maximum Gasteiger partial charge on any atom is 0.449 e. The number of thiazole rings is 1. The molecule has 0 unspecified atom stereocenters. The maximum absolute atomic E-state index is 14.2. The highest BCUT2D eigenvalue weighted by atomic mass is 32.2. The molecule has 3 rings (SSSR count). The Morgan fingerprint density at radius 3 is 2.15 bits per heavy atom. The molecule has 0 aliphatic heterocycles. The molecule has 3 aromatic rings. The smallest absolute Gasteiger partial charge is 0.333 e. The molecule has 144 valence electrons. The fraction of sp³-hybridized carbons (Fsp3) is 0.200. The number of alkyl halides is 3. The first-order valence-corrected chi connectivity index (χ1v) is 9.94. The summed E-state index contributed by atoms with van der Waals surface area (Å²) >= 11 is 1.16. The maximum atomic E-state index is 14.2. The second-order valence-electron chi connectivity index (χ2n) is 5.60. The second kappa shape index (κ2) is 6.37. The van der Waals surface area contributed by atoms with Gasteiger partial charge in [0.05, 0.1) is 22.1 Å². The number of hydrogen-bond acceptors (Lipinski definition) is 5. The van der Waals surface area contributed by atoms with Crippen molar-refractivity contribution in [2.75, 3.05) is 6.26 Å². The minimum atomic E-state index is -4.83. The van der Waals surface area contributed by atoms with Gasteiger partial charge in [-0.3, -0.25) is 0 Å². The Bertz CT molecular complexity index is 1110. The number of hydrogen-bond donors (Lipinski definition) is 1. The van der Waals surface area contributed by atoms with E-state index in [1.54, 1.807) is 6.92 Å². The van der Waals surface area contributed by atoms with Crippen LogP contribution in [0.25, 0.3) is 22.6 Å². The van der Waals surface area contributed by atoms with Crippen LogP contribution in [0.4, 0.5) is 22.0 Å². The number of aromatic nitrogens is 3. The third-order valence-electron chi connectivity index (χ3n) is 3.49. The van der Waals surface area contributed by atoms with Crippen LogP contribution in [0, 0.1) is 18.6 Å². The number of benzene rings is 1. The summed E-state index contributed by atoms with van der Waals surface area (Å²) in [7, 11) is -4.21. The van der Waals surface area contributed by atoms with Crippen LogP contribution in [0.1, 0.15) is 10.8 Å². The minimum Gasteiger partial charge on any atom is -0.333 e. The number of aromatic amines is 1. The number of nitrogens with zero attached hydrogens (tertiary/aromatic N) is 2. The summed E-state index contributed by atoms with van der Waals surface area (Å²) in [6.07, 6.45) is -4.21. The molecule has 0 atom stereocenters. The molecule has 2 aromatic heterocycles. The van der Waals surface area contributed by atoms with Crippen LogP contribution in [-0.2, 0) is 16.0 Å². The van der Waals surface area contributed by atoms with Gasteiger partial charge in [0.1, 0.15) is 16.5 Å². The molecule has 0 aliphatic carbocycles. The quantitative estimate of drug-likeness (QED) is 0.641. The molecule has 0 aliphatic rings. The molecule has 0 saturated carbocycles. The van der Waals surface area contributed by atoms with E-state index in [2.05, 4.69) is 15.0 Å². The van der Waals surface area contributed by atoms with E-state index in [4.69, 9.17) is 0 Å². The summed E-state index contributed by atoms with van der Waals surface area (Å²) < 4.78 is 90.5. The lowest BCUT2D eigenvalue weighted by Gasteiger charge is -2.06. The number of imidazole rings is 1. The summed E-state index contributed by atoms with van der Waals surface area (Å²) in [4.78, 5) is 8.39. The number of rotatable bonds is 3. The molecule has 0 spiro atoms. The van der Waals surface area contributed by atoms with E-state index in [1.807, 2.05) is 0 Å². The van der Waals surface area contributed by atoms with Crippen LogP contribution in [0.3, 0.4) is 0 Å². The average molecular weight is 423 g/mol. The topological polar surface area (TPSA) is 75.7 Å². The Balaban J connectivity index is 2.27. The fourth-order valence-corrected chi connectivity index (χ4v) is 3.86. The summed E-state index contributed by atoms with van der Waals surface area (Å²) in [5.74, 6) is -4.22. The molecule has 1 N–H and O–H groups in total. The van der Waals surface area contributed by atoms with Crippen LogP contribution in [0.15, 0.2) is 22.4 Å². The first-order valence-electron chi connectivity index (χ1n) is 7.17. The van der Waals surface area contributed by atoms with Gasteiger partial charge >= 0.3 is 6.18 Å². The van der Waals surface area contributed by atoms with Gasteiger partial charge in [-0.25, -0.2) is 27.2 Å². The zero-order valence-corrected chi connectivity index (χ0v) is 15.3. The monoisotopic (exact) mass is 423 g/mol. The molecule has 0 radical (unpaired) electrons. The summed E-state index contributed by atoms with van der Waals surface area (Å²) in [6, 6.07) is 1.25. The predicted molar refractivity (Wildman–Crippen MR) is 87.9 cm³/mol. The summed E-state index contributed by atoms with van der Waals surface area (Å²) in [6.45, 7) is 1.63. The van der Waals surface area contributed by atoms with Crippen LogP contribution in [-0.4, -0.2) is 29.6 Å². The van der Waals surface area contributed by atoms with Gasteiger partial charge in [-0.2, -0.15) is 13.2 Å². The average Bonchev–Trinajstić information content (AvgIpc) is 3.10. The van der Waals surface area contributed by atoms with E-state index in [1.165, 1.54) is 5.38 Å². The van der Waals surface area contributed by atoms with E-state index in [9.17, 15) is 30.4 Å². The van der Waals surface area contributed by atoms with Crippen molar-refractivity contribution in [2.24, 2.45) is 0 Å². The minimum absolute atomic E-state index is 0.114. The number of H-pyrrole nitrogens is 1. The van der Waals surface area contributed by atoms with Crippen LogP contribution < -0.4 is 0 Å². The van der Waals surface area contributed by atoms with Gasteiger partial charge in [-0.1, -0.05) is 0 Å². The Kier molecular flexibility index (Phi) is 4.58. The number of nitrogens with one attached hydrogen (secondary N) is 1. The lowest BCUT2D eigenvalue weighted by Crippen LogP contribution is -2.07. The molecular weight excluding hydrogens is 413 g/mol. The largest absolute Gasteiger partial charge is 0.449 e. The number of aryl methyl sites for hydroxylation is 1. The zero-order valence-electron chi connectivity index (χ0n) is 13.6. The van der Waals surface area contributed by atoms with Gasteiger partial charge < -0.3 is 4.98 Å². The third-order valence-corrected chi connectivity index (χ3v) is 5.40. The standard InChI is InChI=1S/C15H10F5N3O2S2/c1-6-21-10(5-26-6)12-11(22-14(23-12)15(18,19)20)7-3-8(16)13(9(17)4-7)27(2,24)25/h3-5H,1-2H3,(H,22,23). The van der Waals surface area contributed by atoms with Crippen LogP contribution in [0.5, 0.6) is 0 Å². The van der Waals surface area contributed by atoms with Crippen molar-refractivity contribution in [1.82, 2.24) is 15.0 Å². The number of halogens is 5. The Morgan fingerprint density at radius 1 is 1.11 bits per heavy atom. The highest BCUT2D eigenvalue weighted by Gasteiger charge is 2.36. The Hall–Kier alpha value is -2.34. The molecule has 0 fully saturated rings. The summed E-state index contributed by atoms with van der Waals surface area (Å²) in [5, 5.41) is 2.02. The third kappa shape index (κ3) is 3.72. The van der Waals surface area contributed by atoms with Crippen LogP contribution >= 0.6 is 11.3 Å². The lowest BCUT2D eigenvalue weighted by molar-refractivity contribution is -0.144. The van der Waals surface area contributed by atoms with Crippen LogP contribution in [0.2, 0.25) is 0 Å². The van der Waals surface area contributed by atoms with Gasteiger partial charge in [0.15, 0.2) is 9.84 Å². The molecule has 2 heterocycles. The first kappa shape index (κ1) is 19.4. The molecule has 0 saturated heterocycles.